The monoisotopic (exact) mass is 445 g/mol. The van der Waals surface area contributed by atoms with E-state index in [-0.39, 0.29) is 17.0 Å². The molecule has 0 aromatic heterocycles. The third-order valence-electron chi connectivity index (χ3n) is 4.02. The van der Waals surface area contributed by atoms with Crippen molar-refractivity contribution in [2.24, 2.45) is 0 Å². The summed E-state index contributed by atoms with van der Waals surface area (Å²) in [5.41, 5.74) is 0.682. The highest BCUT2D eigenvalue weighted by Crippen LogP contribution is 2.34. The van der Waals surface area contributed by atoms with Crippen LogP contribution in [0.15, 0.2) is 66.7 Å². The van der Waals surface area contributed by atoms with E-state index in [1.165, 1.54) is 54.6 Å². The fraction of sp³-hybridized carbons (Fsp3) is 0.136. The third-order valence-corrected chi connectivity index (χ3v) is 5.00. The number of amides is 1. The Balaban J connectivity index is 1.86. The number of rotatable bonds is 7. The maximum absolute atomic E-state index is 13.1. The molecular weight excluding hydrogens is 424 g/mol. The summed E-state index contributed by atoms with van der Waals surface area (Å²) in [6.07, 6.45) is -0.147. The molecular formula is C22H21FNO6P. The maximum Gasteiger partial charge on any atom is 0.356 e. The maximum atomic E-state index is 13.1. The van der Waals surface area contributed by atoms with Crippen molar-refractivity contribution >= 4 is 24.5 Å². The quantitative estimate of drug-likeness (QED) is 0.464. The van der Waals surface area contributed by atoms with Crippen molar-refractivity contribution in [3.63, 3.8) is 0 Å². The van der Waals surface area contributed by atoms with Crippen molar-refractivity contribution in [1.29, 1.82) is 0 Å². The van der Waals surface area contributed by atoms with Crippen LogP contribution in [-0.2, 0) is 4.57 Å². The van der Waals surface area contributed by atoms with E-state index in [4.69, 9.17) is 9.47 Å². The largest absolute Gasteiger partial charge is 0.491 e. The second-order valence-corrected chi connectivity index (χ2v) is 8.57. The molecule has 0 fully saturated rings. The molecule has 162 valence electrons. The molecule has 0 bridgehead atoms. The number of nitrogens with one attached hydrogen (secondary N) is 1. The minimum atomic E-state index is -4.35. The smallest absolute Gasteiger partial charge is 0.356 e. The average Bonchev–Trinajstić information content (AvgIpc) is 2.69. The second kappa shape index (κ2) is 9.31. The third kappa shape index (κ3) is 6.39. The van der Waals surface area contributed by atoms with Crippen LogP contribution in [0.4, 0.5) is 10.1 Å². The van der Waals surface area contributed by atoms with Gasteiger partial charge in [-0.3, -0.25) is 9.36 Å². The lowest BCUT2D eigenvalue weighted by atomic mass is 10.1. The van der Waals surface area contributed by atoms with Gasteiger partial charge in [-0.1, -0.05) is 0 Å². The Hall–Kier alpha value is -3.19. The number of hydrogen-bond acceptors (Lipinski definition) is 4. The van der Waals surface area contributed by atoms with E-state index in [9.17, 15) is 23.5 Å². The van der Waals surface area contributed by atoms with E-state index in [1.807, 2.05) is 13.8 Å². The van der Waals surface area contributed by atoms with E-state index < -0.39 is 19.3 Å². The summed E-state index contributed by atoms with van der Waals surface area (Å²) in [5.74, 6) is 0.173. The first kappa shape index (κ1) is 22.5. The second-order valence-electron chi connectivity index (χ2n) is 6.96. The van der Waals surface area contributed by atoms with E-state index in [1.54, 1.807) is 12.1 Å². The Morgan fingerprint density at radius 3 is 2.13 bits per heavy atom. The summed E-state index contributed by atoms with van der Waals surface area (Å²) in [4.78, 5) is 31.1. The van der Waals surface area contributed by atoms with E-state index in [2.05, 4.69) is 5.32 Å². The van der Waals surface area contributed by atoms with Crippen LogP contribution in [0.2, 0.25) is 0 Å². The van der Waals surface area contributed by atoms with Gasteiger partial charge in [0.15, 0.2) is 0 Å². The zero-order valence-electron chi connectivity index (χ0n) is 16.8. The van der Waals surface area contributed by atoms with Crippen molar-refractivity contribution in [3.8, 4) is 17.2 Å². The zero-order chi connectivity index (χ0) is 22.6. The Kier molecular flexibility index (Phi) is 6.75. The van der Waals surface area contributed by atoms with Gasteiger partial charge >= 0.3 is 7.60 Å². The Morgan fingerprint density at radius 2 is 1.55 bits per heavy atom. The summed E-state index contributed by atoms with van der Waals surface area (Å²) in [6.45, 7) is 3.68. The van der Waals surface area contributed by atoms with Gasteiger partial charge in [0.2, 0.25) is 0 Å². The van der Waals surface area contributed by atoms with Crippen LogP contribution in [0.25, 0.3) is 0 Å². The minimum Gasteiger partial charge on any atom is -0.491 e. The van der Waals surface area contributed by atoms with Gasteiger partial charge in [0.1, 0.15) is 23.1 Å². The van der Waals surface area contributed by atoms with Gasteiger partial charge in [-0.2, -0.15) is 0 Å². The number of benzene rings is 3. The van der Waals surface area contributed by atoms with Crippen LogP contribution < -0.4 is 20.1 Å². The number of ether oxygens (including phenoxy) is 2. The average molecular weight is 445 g/mol. The zero-order valence-corrected chi connectivity index (χ0v) is 17.7. The van der Waals surface area contributed by atoms with Gasteiger partial charge < -0.3 is 24.6 Å². The van der Waals surface area contributed by atoms with Gasteiger partial charge in [-0.15, -0.1) is 0 Å². The predicted octanol–water partition coefficient (Wildman–Crippen LogP) is 4.46. The molecule has 0 aliphatic carbocycles. The molecule has 3 aromatic rings. The van der Waals surface area contributed by atoms with Gasteiger partial charge in [0.05, 0.1) is 11.4 Å². The first-order valence-corrected chi connectivity index (χ1v) is 10.9. The van der Waals surface area contributed by atoms with Crippen LogP contribution in [-0.4, -0.2) is 21.8 Å². The normalized spacial score (nSPS) is 11.3. The lowest BCUT2D eigenvalue weighted by Crippen LogP contribution is -2.13. The van der Waals surface area contributed by atoms with E-state index >= 15 is 0 Å². The van der Waals surface area contributed by atoms with Crippen molar-refractivity contribution in [3.05, 3.63) is 78.1 Å². The predicted molar refractivity (Wildman–Crippen MR) is 115 cm³/mol. The first-order chi connectivity index (χ1) is 14.6. The van der Waals surface area contributed by atoms with Crippen LogP contribution in [0.1, 0.15) is 24.2 Å². The molecule has 0 aliphatic rings. The molecule has 3 aromatic carbocycles. The Bertz CT molecular complexity index is 1110. The fourth-order valence-electron chi connectivity index (χ4n) is 2.68. The molecule has 7 nitrogen and oxygen atoms in total. The van der Waals surface area contributed by atoms with Crippen molar-refractivity contribution in [1.82, 2.24) is 0 Å². The first-order valence-electron chi connectivity index (χ1n) is 9.33. The lowest BCUT2D eigenvalue weighted by molar-refractivity contribution is 0.102. The Labute approximate surface area is 178 Å². The molecule has 0 atom stereocenters. The molecule has 0 radical (unpaired) electrons. The number of anilines is 1. The molecule has 0 saturated carbocycles. The van der Waals surface area contributed by atoms with Crippen LogP contribution in [0, 0.1) is 5.82 Å². The summed E-state index contributed by atoms with van der Waals surface area (Å²) >= 11 is 0. The van der Waals surface area contributed by atoms with E-state index in [0.29, 0.717) is 22.9 Å². The standard InChI is InChI=1S/C22H21FNO6P/c1-14(2)29-19-11-15(22(25)24-17-5-3-16(23)4-6-17)12-20(13-19)30-18-7-9-21(10-8-18)31(26,27)28/h3-14H,1-2H3,(H,24,25)(H2,26,27,28). The SMILES string of the molecule is CC(C)Oc1cc(Oc2ccc(P(=O)(O)O)cc2)cc(C(=O)Nc2ccc(F)cc2)c1. The Morgan fingerprint density at radius 1 is 0.935 bits per heavy atom. The topological polar surface area (TPSA) is 105 Å². The van der Waals surface area contributed by atoms with Crippen LogP contribution >= 0.6 is 7.60 Å². The fourth-order valence-corrected chi connectivity index (χ4v) is 3.22. The molecule has 0 unspecified atom stereocenters. The van der Waals surface area contributed by atoms with Gasteiger partial charge in [0.25, 0.3) is 5.91 Å². The summed E-state index contributed by atoms with van der Waals surface area (Å²) in [7, 11) is -4.35. The minimum absolute atomic E-state index is 0.129. The van der Waals surface area contributed by atoms with Crippen molar-refractivity contribution in [2.75, 3.05) is 5.32 Å². The highest BCUT2D eigenvalue weighted by atomic mass is 31.2. The highest BCUT2D eigenvalue weighted by Gasteiger charge is 2.17. The number of hydrogen-bond donors (Lipinski definition) is 3. The number of carbonyl (C=O) groups is 1. The molecule has 0 saturated heterocycles. The molecule has 9 heteroatoms. The molecule has 0 spiro atoms. The molecule has 3 N–H and O–H groups in total. The summed E-state index contributed by atoms with van der Waals surface area (Å²) < 4.78 is 35.9. The summed E-state index contributed by atoms with van der Waals surface area (Å²) in [5, 5.41) is 2.55. The van der Waals surface area contributed by atoms with E-state index in [0.717, 1.165) is 0 Å². The van der Waals surface area contributed by atoms with Crippen molar-refractivity contribution < 1.29 is 33.0 Å². The molecule has 31 heavy (non-hydrogen) atoms. The van der Waals surface area contributed by atoms with Gasteiger partial charge in [-0.05, 0) is 74.5 Å². The van der Waals surface area contributed by atoms with Crippen LogP contribution in [0.3, 0.4) is 0 Å². The molecule has 0 aliphatic heterocycles. The van der Waals surface area contributed by atoms with Gasteiger partial charge in [0, 0.05) is 17.3 Å². The highest BCUT2D eigenvalue weighted by molar-refractivity contribution is 7.60. The van der Waals surface area contributed by atoms with Crippen molar-refractivity contribution in [2.45, 2.75) is 20.0 Å². The molecule has 0 heterocycles. The number of carbonyl (C=O) groups excluding carboxylic acids is 1. The summed E-state index contributed by atoms with van der Waals surface area (Å²) in [6, 6.07) is 15.4. The van der Waals surface area contributed by atoms with Gasteiger partial charge in [-0.25, -0.2) is 4.39 Å². The van der Waals surface area contributed by atoms with Crippen LogP contribution in [0.5, 0.6) is 17.2 Å². The lowest BCUT2D eigenvalue weighted by Gasteiger charge is -2.14. The molecule has 3 rings (SSSR count). The number of halogens is 1. The molecule has 1 amide bonds.